The summed E-state index contributed by atoms with van der Waals surface area (Å²) >= 11 is 0. The van der Waals surface area contributed by atoms with E-state index in [-0.39, 0.29) is 5.56 Å². The molecule has 0 aliphatic carbocycles. The first-order chi connectivity index (χ1) is 14.3. The van der Waals surface area contributed by atoms with Crippen molar-refractivity contribution < 1.29 is 27.4 Å². The third-order valence-electron chi connectivity index (χ3n) is 4.57. The number of nitrogens with zero attached hydrogens (tertiary/aromatic N) is 1. The summed E-state index contributed by atoms with van der Waals surface area (Å²) in [5.41, 5.74) is 1.38. The molecule has 0 radical (unpaired) electrons. The quantitative estimate of drug-likeness (QED) is 0.594. The van der Waals surface area contributed by atoms with E-state index in [1.54, 1.807) is 18.2 Å². The Kier molecular flexibility index (Phi) is 6.00. The molecule has 0 aliphatic rings. The fourth-order valence-electron chi connectivity index (χ4n) is 2.96. The highest BCUT2D eigenvalue weighted by Gasteiger charge is 2.30. The van der Waals surface area contributed by atoms with E-state index < -0.39 is 17.6 Å². The number of ether oxygens (including phenoxy) is 2. The average molecular weight is 419 g/mol. The molecule has 0 atom stereocenters. The van der Waals surface area contributed by atoms with Crippen LogP contribution in [0.3, 0.4) is 0 Å². The molecule has 1 amide bonds. The van der Waals surface area contributed by atoms with Crippen molar-refractivity contribution in [2.75, 3.05) is 19.5 Å². The summed E-state index contributed by atoms with van der Waals surface area (Å²) in [5.74, 6) is 0.546. The van der Waals surface area contributed by atoms with Gasteiger partial charge >= 0.3 is 6.18 Å². The first kappa shape index (κ1) is 21.2. The third-order valence-corrected chi connectivity index (χ3v) is 4.57. The second-order valence-electron chi connectivity index (χ2n) is 6.37. The number of carbonyl (C=O) groups excluding carboxylic acids is 1. The van der Waals surface area contributed by atoms with Crippen molar-refractivity contribution in [2.24, 2.45) is 0 Å². The van der Waals surface area contributed by atoms with Crippen molar-refractivity contribution in [1.82, 2.24) is 10.2 Å². The largest absolute Gasteiger partial charge is 0.497 e. The Morgan fingerprint density at radius 1 is 1.10 bits per heavy atom. The molecule has 2 aromatic carbocycles. The van der Waals surface area contributed by atoms with Crippen molar-refractivity contribution in [2.45, 2.75) is 19.5 Å². The predicted molar refractivity (Wildman–Crippen MR) is 106 cm³/mol. The molecule has 30 heavy (non-hydrogen) atoms. The molecule has 2 N–H and O–H groups in total. The molecule has 0 saturated carbocycles. The second-order valence-corrected chi connectivity index (χ2v) is 6.37. The van der Waals surface area contributed by atoms with Crippen LogP contribution in [-0.4, -0.2) is 30.3 Å². The maximum Gasteiger partial charge on any atom is 0.416 e. The second kappa shape index (κ2) is 8.48. The van der Waals surface area contributed by atoms with E-state index in [0.717, 1.165) is 24.3 Å². The lowest BCUT2D eigenvalue weighted by Crippen LogP contribution is -2.14. The molecule has 1 heterocycles. The van der Waals surface area contributed by atoms with Crippen LogP contribution in [-0.2, 0) is 12.6 Å². The maximum absolute atomic E-state index is 12.8. The van der Waals surface area contributed by atoms with E-state index in [1.165, 1.54) is 14.2 Å². The van der Waals surface area contributed by atoms with Gasteiger partial charge in [-0.15, -0.1) is 0 Å². The first-order valence-corrected chi connectivity index (χ1v) is 9.06. The number of amides is 1. The lowest BCUT2D eigenvalue weighted by molar-refractivity contribution is -0.137. The van der Waals surface area contributed by atoms with Crippen LogP contribution in [0.4, 0.5) is 18.9 Å². The lowest BCUT2D eigenvalue weighted by atomic mass is 10.1. The molecule has 0 unspecified atom stereocenters. The number of aromatic amines is 1. The minimum atomic E-state index is -4.47. The molecule has 3 rings (SSSR count). The van der Waals surface area contributed by atoms with Crippen molar-refractivity contribution in [3.05, 3.63) is 59.3 Å². The maximum atomic E-state index is 12.8. The summed E-state index contributed by atoms with van der Waals surface area (Å²) < 4.78 is 49.0. The topological polar surface area (TPSA) is 76.2 Å². The van der Waals surface area contributed by atoms with Crippen LogP contribution in [0.5, 0.6) is 11.5 Å². The molecule has 0 aliphatic heterocycles. The number of hydrogen-bond acceptors (Lipinski definition) is 4. The standard InChI is InChI=1S/C21H20F3N3O3/c1-4-16-19(25-20(28)12-5-7-13(8-6-12)21(22,23)24)18(27-26-16)15-11-14(29-2)9-10-17(15)30-3/h5-11H,4H2,1-3H3,(H,25,28)(H,26,27). The number of alkyl halides is 3. The normalized spacial score (nSPS) is 11.3. The van der Waals surface area contributed by atoms with Gasteiger partial charge in [0.05, 0.1) is 31.2 Å². The van der Waals surface area contributed by atoms with E-state index in [2.05, 4.69) is 15.5 Å². The summed E-state index contributed by atoms with van der Waals surface area (Å²) in [5, 5.41) is 9.96. The number of benzene rings is 2. The fourth-order valence-corrected chi connectivity index (χ4v) is 2.96. The number of halogens is 3. The van der Waals surface area contributed by atoms with Gasteiger partial charge in [-0.3, -0.25) is 9.89 Å². The van der Waals surface area contributed by atoms with Crippen molar-refractivity contribution >= 4 is 11.6 Å². The summed E-state index contributed by atoms with van der Waals surface area (Å²) in [6.45, 7) is 1.88. The van der Waals surface area contributed by atoms with Gasteiger partial charge in [0.2, 0.25) is 0 Å². The van der Waals surface area contributed by atoms with Crippen LogP contribution in [0, 0.1) is 0 Å². The van der Waals surface area contributed by atoms with Crippen molar-refractivity contribution in [3.8, 4) is 22.8 Å². The van der Waals surface area contributed by atoms with E-state index in [1.807, 2.05) is 6.92 Å². The zero-order valence-electron chi connectivity index (χ0n) is 16.6. The molecule has 6 nitrogen and oxygen atoms in total. The summed E-state index contributed by atoms with van der Waals surface area (Å²) in [7, 11) is 3.04. The van der Waals surface area contributed by atoms with Gasteiger partial charge in [-0.05, 0) is 48.9 Å². The molecule has 0 fully saturated rings. The zero-order chi connectivity index (χ0) is 21.9. The molecule has 158 valence electrons. The number of H-pyrrole nitrogens is 1. The van der Waals surface area contributed by atoms with Crippen molar-refractivity contribution in [1.29, 1.82) is 0 Å². The van der Waals surface area contributed by atoms with Gasteiger partial charge in [-0.2, -0.15) is 18.3 Å². The van der Waals surface area contributed by atoms with Gasteiger partial charge in [0.15, 0.2) is 0 Å². The summed E-state index contributed by atoms with van der Waals surface area (Å²) in [6, 6.07) is 9.19. The Morgan fingerprint density at radius 2 is 1.80 bits per heavy atom. The Hall–Kier alpha value is -3.49. The smallest absolute Gasteiger partial charge is 0.416 e. The van der Waals surface area contributed by atoms with Gasteiger partial charge < -0.3 is 14.8 Å². The first-order valence-electron chi connectivity index (χ1n) is 9.06. The Balaban J connectivity index is 1.98. The number of rotatable bonds is 6. The van der Waals surface area contributed by atoms with Gasteiger partial charge in [0, 0.05) is 11.1 Å². The lowest BCUT2D eigenvalue weighted by Gasteiger charge is -2.12. The van der Waals surface area contributed by atoms with Crippen LogP contribution in [0.1, 0.15) is 28.5 Å². The van der Waals surface area contributed by atoms with Crippen molar-refractivity contribution in [3.63, 3.8) is 0 Å². The van der Waals surface area contributed by atoms with E-state index >= 15 is 0 Å². The minimum Gasteiger partial charge on any atom is -0.497 e. The third kappa shape index (κ3) is 4.24. The molecule has 9 heteroatoms. The van der Waals surface area contributed by atoms with E-state index in [0.29, 0.717) is 40.6 Å². The van der Waals surface area contributed by atoms with Gasteiger partial charge in [-0.25, -0.2) is 0 Å². The summed E-state index contributed by atoms with van der Waals surface area (Å²) in [4.78, 5) is 12.7. The SMILES string of the molecule is CCc1[nH]nc(-c2cc(OC)ccc2OC)c1NC(=O)c1ccc(C(F)(F)F)cc1. The summed E-state index contributed by atoms with van der Waals surface area (Å²) in [6.07, 6.45) is -3.92. The van der Waals surface area contributed by atoms with E-state index in [4.69, 9.17) is 9.47 Å². The van der Waals surface area contributed by atoms with Crippen LogP contribution in [0.25, 0.3) is 11.3 Å². The highest BCUT2D eigenvalue weighted by molar-refractivity contribution is 6.06. The number of anilines is 1. The van der Waals surface area contributed by atoms with Crippen LogP contribution in [0.2, 0.25) is 0 Å². The molecular formula is C21H20F3N3O3. The average Bonchev–Trinajstić information content (AvgIpc) is 3.14. The fraction of sp³-hybridized carbons (Fsp3) is 0.238. The van der Waals surface area contributed by atoms with Crippen LogP contribution < -0.4 is 14.8 Å². The molecule has 1 aromatic heterocycles. The number of aryl methyl sites for hydroxylation is 1. The highest BCUT2D eigenvalue weighted by Crippen LogP contribution is 2.38. The Labute approximate surface area is 171 Å². The van der Waals surface area contributed by atoms with Gasteiger partial charge in [0.1, 0.15) is 17.2 Å². The minimum absolute atomic E-state index is 0.0924. The predicted octanol–water partition coefficient (Wildman–Crippen LogP) is 4.93. The van der Waals surface area contributed by atoms with Crippen LogP contribution in [0.15, 0.2) is 42.5 Å². The van der Waals surface area contributed by atoms with Gasteiger partial charge in [-0.1, -0.05) is 6.92 Å². The molecule has 0 spiro atoms. The van der Waals surface area contributed by atoms with Gasteiger partial charge in [0.25, 0.3) is 5.91 Å². The monoisotopic (exact) mass is 419 g/mol. The number of methoxy groups -OCH3 is 2. The number of hydrogen-bond donors (Lipinski definition) is 2. The van der Waals surface area contributed by atoms with E-state index in [9.17, 15) is 18.0 Å². The molecular weight excluding hydrogens is 399 g/mol. The van der Waals surface area contributed by atoms with Crippen LogP contribution >= 0.6 is 0 Å². The number of carbonyl (C=O) groups is 1. The number of nitrogens with one attached hydrogen (secondary N) is 2. The molecule has 0 saturated heterocycles. The molecule has 3 aromatic rings. The Bertz CT molecular complexity index is 1040. The zero-order valence-corrected chi connectivity index (χ0v) is 16.6. The highest BCUT2D eigenvalue weighted by atomic mass is 19.4. The number of aromatic nitrogens is 2. The molecule has 0 bridgehead atoms. The Morgan fingerprint density at radius 3 is 2.37 bits per heavy atom.